The lowest BCUT2D eigenvalue weighted by Crippen LogP contribution is -2.53. The van der Waals surface area contributed by atoms with Crippen LogP contribution in [0.1, 0.15) is 32.1 Å². The highest BCUT2D eigenvalue weighted by molar-refractivity contribution is 5.90. The predicted octanol–water partition coefficient (Wildman–Crippen LogP) is 2.87. The van der Waals surface area contributed by atoms with Gasteiger partial charge in [-0.1, -0.05) is 19.3 Å². The van der Waals surface area contributed by atoms with E-state index >= 15 is 0 Å². The van der Waals surface area contributed by atoms with Gasteiger partial charge < -0.3 is 15.1 Å². The lowest BCUT2D eigenvalue weighted by atomic mass is 9.96. The Kier molecular flexibility index (Phi) is 4.46. The van der Waals surface area contributed by atoms with Crippen LogP contribution in [0, 0.1) is 5.82 Å². The first-order chi connectivity index (χ1) is 12.2. The van der Waals surface area contributed by atoms with Gasteiger partial charge in [0, 0.05) is 37.6 Å². The minimum atomic E-state index is -0.271. The Morgan fingerprint density at radius 1 is 1.16 bits per heavy atom. The Morgan fingerprint density at radius 3 is 2.68 bits per heavy atom. The van der Waals surface area contributed by atoms with Crippen LogP contribution in [0.4, 0.5) is 15.0 Å². The summed E-state index contributed by atoms with van der Waals surface area (Å²) in [5.74, 6) is 0.564. The van der Waals surface area contributed by atoms with Crippen molar-refractivity contribution in [2.24, 2.45) is 0 Å². The fourth-order valence-electron chi connectivity index (χ4n) is 3.85. The normalized spacial score (nSPS) is 19.4. The molecule has 4 rings (SSSR count). The summed E-state index contributed by atoms with van der Waals surface area (Å²) in [5, 5.41) is 11.3. The molecule has 0 radical (unpaired) electrons. The molecule has 1 aliphatic heterocycles. The quantitative estimate of drug-likeness (QED) is 0.880. The van der Waals surface area contributed by atoms with E-state index < -0.39 is 0 Å². The molecule has 0 atom stereocenters. The van der Waals surface area contributed by atoms with Crippen molar-refractivity contribution in [2.75, 3.05) is 31.1 Å². The van der Waals surface area contributed by atoms with Gasteiger partial charge in [-0.05, 0) is 31.0 Å². The number of nitrogens with one attached hydrogen (secondary N) is 2. The van der Waals surface area contributed by atoms with Crippen molar-refractivity contribution < 1.29 is 9.18 Å². The van der Waals surface area contributed by atoms with Crippen molar-refractivity contribution in [1.82, 2.24) is 20.4 Å². The SMILES string of the molecule is O=C(NC1CCCCC1)N1CCN(c2n[nH]c3cc(F)ccc23)CC1. The molecule has 1 saturated carbocycles. The number of halogens is 1. The van der Waals surface area contributed by atoms with Gasteiger partial charge in [-0.2, -0.15) is 5.10 Å². The molecule has 134 valence electrons. The highest BCUT2D eigenvalue weighted by Crippen LogP contribution is 2.25. The average Bonchev–Trinajstić information content (AvgIpc) is 3.05. The van der Waals surface area contributed by atoms with Gasteiger partial charge in [0.25, 0.3) is 0 Å². The van der Waals surface area contributed by atoms with Gasteiger partial charge in [-0.3, -0.25) is 5.10 Å². The smallest absolute Gasteiger partial charge is 0.317 e. The zero-order chi connectivity index (χ0) is 17.2. The molecular weight excluding hydrogens is 321 g/mol. The molecule has 25 heavy (non-hydrogen) atoms. The van der Waals surface area contributed by atoms with Gasteiger partial charge in [0.05, 0.1) is 5.52 Å². The summed E-state index contributed by atoms with van der Waals surface area (Å²) in [5.41, 5.74) is 0.701. The lowest BCUT2D eigenvalue weighted by molar-refractivity contribution is 0.186. The van der Waals surface area contributed by atoms with Gasteiger partial charge >= 0.3 is 6.03 Å². The number of carbonyl (C=O) groups excluding carboxylic acids is 1. The summed E-state index contributed by atoms with van der Waals surface area (Å²) in [6, 6.07) is 5.06. The second-order valence-corrected chi connectivity index (χ2v) is 7.00. The molecule has 2 fully saturated rings. The largest absolute Gasteiger partial charge is 0.351 e. The molecule has 2 amide bonds. The van der Waals surface area contributed by atoms with Crippen molar-refractivity contribution in [2.45, 2.75) is 38.1 Å². The molecule has 7 heteroatoms. The monoisotopic (exact) mass is 345 g/mol. The number of hydrogen-bond donors (Lipinski definition) is 2. The van der Waals surface area contributed by atoms with E-state index in [9.17, 15) is 9.18 Å². The van der Waals surface area contributed by atoms with E-state index in [1.54, 1.807) is 6.07 Å². The first-order valence-corrected chi connectivity index (χ1v) is 9.15. The van der Waals surface area contributed by atoms with Gasteiger partial charge in [0.15, 0.2) is 5.82 Å². The van der Waals surface area contributed by atoms with Crippen LogP contribution in [0.15, 0.2) is 18.2 Å². The van der Waals surface area contributed by atoms with Crippen molar-refractivity contribution in [1.29, 1.82) is 0 Å². The molecule has 1 aromatic carbocycles. The Morgan fingerprint density at radius 2 is 1.92 bits per heavy atom. The zero-order valence-corrected chi connectivity index (χ0v) is 14.3. The van der Waals surface area contributed by atoms with Crippen LogP contribution in [0.2, 0.25) is 0 Å². The Bertz CT molecular complexity index is 747. The maximum atomic E-state index is 13.3. The van der Waals surface area contributed by atoms with E-state index in [1.165, 1.54) is 31.4 Å². The van der Waals surface area contributed by atoms with Crippen LogP contribution >= 0.6 is 0 Å². The molecule has 0 bridgehead atoms. The molecule has 0 unspecified atom stereocenters. The van der Waals surface area contributed by atoms with Crippen molar-refractivity contribution >= 4 is 22.8 Å². The Hall–Kier alpha value is -2.31. The van der Waals surface area contributed by atoms with Crippen LogP contribution < -0.4 is 10.2 Å². The topological polar surface area (TPSA) is 64.3 Å². The lowest BCUT2D eigenvalue weighted by Gasteiger charge is -2.36. The number of fused-ring (bicyclic) bond motifs is 1. The van der Waals surface area contributed by atoms with Crippen LogP contribution in [0.5, 0.6) is 0 Å². The minimum absolute atomic E-state index is 0.0560. The number of urea groups is 1. The highest BCUT2D eigenvalue weighted by Gasteiger charge is 2.25. The Balaban J connectivity index is 1.36. The molecule has 2 N–H and O–H groups in total. The van der Waals surface area contributed by atoms with Gasteiger partial charge in [-0.15, -0.1) is 0 Å². The minimum Gasteiger partial charge on any atom is -0.351 e. The molecule has 2 aromatic rings. The summed E-state index contributed by atoms with van der Waals surface area (Å²) in [6.07, 6.45) is 5.91. The summed E-state index contributed by atoms with van der Waals surface area (Å²) >= 11 is 0. The molecular formula is C18H24FN5O. The van der Waals surface area contributed by atoms with E-state index in [1.807, 2.05) is 4.90 Å². The standard InChI is InChI=1S/C18H24FN5O/c19-13-6-7-15-16(12-13)21-22-17(15)23-8-10-24(11-9-23)18(25)20-14-4-2-1-3-5-14/h6-7,12,14H,1-5,8-11H2,(H,20,25)(H,21,22). The fourth-order valence-corrected chi connectivity index (χ4v) is 3.85. The third-order valence-electron chi connectivity index (χ3n) is 5.30. The van der Waals surface area contributed by atoms with Crippen molar-refractivity contribution in [3.8, 4) is 0 Å². The number of anilines is 1. The highest BCUT2D eigenvalue weighted by atomic mass is 19.1. The zero-order valence-electron chi connectivity index (χ0n) is 14.3. The first kappa shape index (κ1) is 16.2. The van der Waals surface area contributed by atoms with Crippen LogP contribution in [0.25, 0.3) is 10.9 Å². The summed E-state index contributed by atoms with van der Waals surface area (Å²) in [6.45, 7) is 2.81. The van der Waals surface area contributed by atoms with Crippen LogP contribution in [-0.4, -0.2) is 53.3 Å². The molecule has 1 aromatic heterocycles. The van der Waals surface area contributed by atoms with Crippen LogP contribution in [-0.2, 0) is 0 Å². The second-order valence-electron chi connectivity index (χ2n) is 7.00. The van der Waals surface area contributed by atoms with E-state index in [2.05, 4.69) is 20.4 Å². The average molecular weight is 345 g/mol. The molecule has 1 aliphatic carbocycles. The number of rotatable bonds is 2. The number of benzene rings is 1. The molecule has 2 heterocycles. The molecule has 0 spiro atoms. The number of amides is 2. The van der Waals surface area contributed by atoms with Gasteiger partial charge in [0.2, 0.25) is 0 Å². The van der Waals surface area contributed by atoms with Gasteiger partial charge in [0.1, 0.15) is 5.82 Å². The van der Waals surface area contributed by atoms with Crippen molar-refractivity contribution in [3.05, 3.63) is 24.0 Å². The van der Waals surface area contributed by atoms with Gasteiger partial charge in [-0.25, -0.2) is 9.18 Å². The number of aromatic nitrogens is 2. The first-order valence-electron chi connectivity index (χ1n) is 9.15. The van der Waals surface area contributed by atoms with E-state index in [-0.39, 0.29) is 11.8 Å². The molecule has 2 aliphatic rings. The predicted molar refractivity (Wildman–Crippen MR) is 95.2 cm³/mol. The summed E-state index contributed by atoms with van der Waals surface area (Å²) in [4.78, 5) is 16.5. The van der Waals surface area contributed by atoms with Crippen molar-refractivity contribution in [3.63, 3.8) is 0 Å². The molecule has 6 nitrogen and oxygen atoms in total. The second kappa shape index (κ2) is 6.90. The third-order valence-corrected chi connectivity index (χ3v) is 5.30. The van der Waals surface area contributed by atoms with E-state index in [4.69, 9.17) is 0 Å². The number of aromatic amines is 1. The maximum absolute atomic E-state index is 13.3. The van der Waals surface area contributed by atoms with E-state index in [0.29, 0.717) is 24.6 Å². The number of hydrogen-bond acceptors (Lipinski definition) is 3. The van der Waals surface area contributed by atoms with Crippen LogP contribution in [0.3, 0.4) is 0 Å². The maximum Gasteiger partial charge on any atom is 0.317 e. The van der Waals surface area contributed by atoms with E-state index in [0.717, 1.165) is 37.1 Å². The number of nitrogens with zero attached hydrogens (tertiary/aromatic N) is 3. The number of H-pyrrole nitrogens is 1. The third kappa shape index (κ3) is 3.41. The molecule has 1 saturated heterocycles. The Labute approximate surface area is 146 Å². The summed E-state index contributed by atoms with van der Waals surface area (Å²) < 4.78 is 13.3. The number of piperazine rings is 1. The number of carbonyl (C=O) groups is 1. The summed E-state index contributed by atoms with van der Waals surface area (Å²) in [7, 11) is 0. The fraction of sp³-hybridized carbons (Fsp3) is 0.556.